The summed E-state index contributed by atoms with van der Waals surface area (Å²) in [5.74, 6) is 0.833. The second-order valence-electron chi connectivity index (χ2n) is 3.96. The molecule has 4 nitrogen and oxygen atoms in total. The molecule has 0 aliphatic carbocycles. The molecule has 84 valence electrons. The van der Waals surface area contributed by atoms with Crippen LogP contribution in [0, 0.1) is 0 Å². The Bertz CT molecular complexity index is 504. The molecule has 2 rings (SSSR count). The van der Waals surface area contributed by atoms with Crippen molar-refractivity contribution in [2.24, 2.45) is 7.05 Å². The Kier molecular flexibility index (Phi) is 2.92. The van der Waals surface area contributed by atoms with Crippen molar-refractivity contribution in [2.75, 3.05) is 0 Å². The Labute approximate surface area is 99.5 Å². The zero-order valence-corrected chi connectivity index (χ0v) is 10.3. The zero-order chi connectivity index (χ0) is 11.7. The van der Waals surface area contributed by atoms with Gasteiger partial charge in [0.15, 0.2) is 0 Å². The first-order valence-corrected chi connectivity index (χ1v) is 5.53. The molecular weight excluding hydrogens is 224 g/mol. The van der Waals surface area contributed by atoms with Crippen molar-refractivity contribution < 1.29 is 4.57 Å². The van der Waals surface area contributed by atoms with Gasteiger partial charge in [0.1, 0.15) is 10.8 Å². The van der Waals surface area contributed by atoms with Gasteiger partial charge in [0.05, 0.1) is 13.1 Å². The largest absolute Gasteiger partial charge is 0.327 e. The fourth-order valence-electron chi connectivity index (χ4n) is 1.56. The van der Waals surface area contributed by atoms with Crippen LogP contribution in [0.5, 0.6) is 0 Å². The molecule has 0 spiro atoms. The Balaban J connectivity index is 2.55. The van der Waals surface area contributed by atoms with Gasteiger partial charge in [-0.05, 0) is 26.0 Å². The fraction of sp³-hybridized carbons (Fsp3) is 0.364. The summed E-state index contributed by atoms with van der Waals surface area (Å²) in [5, 5.41) is 4.89. The normalized spacial score (nSPS) is 11.1. The monoisotopic (exact) mass is 237 g/mol. The van der Waals surface area contributed by atoms with Gasteiger partial charge in [-0.25, -0.2) is 9.55 Å². The van der Waals surface area contributed by atoms with Gasteiger partial charge in [-0.2, -0.15) is 0 Å². The molecule has 0 aliphatic heterocycles. The van der Waals surface area contributed by atoms with Crippen molar-refractivity contribution in [1.82, 2.24) is 14.8 Å². The minimum Gasteiger partial charge on any atom is -0.229 e. The van der Waals surface area contributed by atoms with E-state index in [0.717, 1.165) is 11.5 Å². The van der Waals surface area contributed by atoms with E-state index in [1.807, 2.05) is 25.5 Å². The summed E-state index contributed by atoms with van der Waals surface area (Å²) in [6.45, 7) is 4.21. The van der Waals surface area contributed by atoms with Gasteiger partial charge >= 0.3 is 5.82 Å². The van der Waals surface area contributed by atoms with E-state index < -0.39 is 0 Å². The molecule has 2 heterocycles. The third kappa shape index (κ3) is 2.07. The van der Waals surface area contributed by atoms with Gasteiger partial charge in [-0.15, -0.1) is 4.68 Å². The van der Waals surface area contributed by atoms with Crippen LogP contribution in [0.15, 0.2) is 24.5 Å². The number of nitrogens with zero attached hydrogens (tertiary/aromatic N) is 4. The molecule has 0 saturated heterocycles. The maximum Gasteiger partial charge on any atom is 0.327 e. The summed E-state index contributed by atoms with van der Waals surface area (Å²) in [6, 6.07) is 5.88. The van der Waals surface area contributed by atoms with Crippen molar-refractivity contribution in [2.45, 2.75) is 19.9 Å². The van der Waals surface area contributed by atoms with Crippen LogP contribution in [-0.2, 0) is 7.05 Å². The molecule has 0 aromatic carbocycles. The maximum absolute atomic E-state index is 5.88. The number of halogens is 1. The zero-order valence-electron chi connectivity index (χ0n) is 9.55. The number of hydrogen-bond donors (Lipinski definition) is 0. The maximum atomic E-state index is 5.88. The lowest BCUT2D eigenvalue weighted by Gasteiger charge is -2.02. The van der Waals surface area contributed by atoms with E-state index in [9.17, 15) is 0 Å². The van der Waals surface area contributed by atoms with Crippen LogP contribution >= 0.6 is 11.6 Å². The SMILES string of the molecule is CC(C)[n+]1cn(C)nc1-c1cccc(Cl)n1. The highest BCUT2D eigenvalue weighted by atomic mass is 35.5. The third-order valence-corrected chi connectivity index (χ3v) is 2.50. The number of pyridine rings is 1. The van der Waals surface area contributed by atoms with Crippen LogP contribution < -0.4 is 4.57 Å². The third-order valence-electron chi connectivity index (χ3n) is 2.29. The molecule has 0 radical (unpaired) electrons. The minimum atomic E-state index is 0.337. The van der Waals surface area contributed by atoms with Crippen molar-refractivity contribution in [1.29, 1.82) is 0 Å². The smallest absolute Gasteiger partial charge is 0.229 e. The molecule has 5 heteroatoms. The number of rotatable bonds is 2. The average Bonchev–Trinajstić information content (AvgIpc) is 2.60. The molecule has 0 bridgehead atoms. The van der Waals surface area contributed by atoms with Crippen molar-refractivity contribution >= 4 is 11.6 Å². The summed E-state index contributed by atoms with van der Waals surface area (Å²) in [5.41, 5.74) is 0.793. The molecule has 2 aromatic rings. The van der Waals surface area contributed by atoms with Crippen LogP contribution in [0.3, 0.4) is 0 Å². The van der Waals surface area contributed by atoms with Gasteiger partial charge in [0.25, 0.3) is 0 Å². The van der Waals surface area contributed by atoms with E-state index in [4.69, 9.17) is 11.6 Å². The van der Waals surface area contributed by atoms with Crippen LogP contribution in [0.4, 0.5) is 0 Å². The van der Waals surface area contributed by atoms with Crippen LogP contribution in [0.2, 0.25) is 5.15 Å². The van der Waals surface area contributed by atoms with Gasteiger partial charge in [-0.3, -0.25) is 0 Å². The van der Waals surface area contributed by atoms with Crippen molar-refractivity contribution in [3.8, 4) is 11.5 Å². The van der Waals surface area contributed by atoms with Crippen LogP contribution in [0.25, 0.3) is 11.5 Å². The standard InChI is InChI=1S/C11H14ClN4/c1-8(2)16-7-15(3)14-11(16)9-5-4-6-10(12)13-9/h4-8H,1-3H3/q+1. The molecular formula is C11H14ClN4+. The molecule has 0 fully saturated rings. The van der Waals surface area contributed by atoms with Gasteiger partial charge in [-0.1, -0.05) is 17.7 Å². The van der Waals surface area contributed by atoms with E-state index in [0.29, 0.717) is 11.2 Å². The lowest BCUT2D eigenvalue weighted by Crippen LogP contribution is -2.36. The highest BCUT2D eigenvalue weighted by Gasteiger charge is 2.20. The van der Waals surface area contributed by atoms with Gasteiger partial charge in [0.2, 0.25) is 6.33 Å². The molecule has 0 N–H and O–H groups in total. The Morgan fingerprint density at radius 1 is 1.38 bits per heavy atom. The molecule has 0 amide bonds. The second kappa shape index (κ2) is 4.22. The lowest BCUT2D eigenvalue weighted by molar-refractivity contribution is -0.706. The minimum absolute atomic E-state index is 0.337. The highest BCUT2D eigenvalue weighted by molar-refractivity contribution is 6.29. The number of aromatic nitrogens is 4. The van der Waals surface area contributed by atoms with E-state index in [1.165, 1.54) is 0 Å². The Hall–Kier alpha value is -1.42. The first kappa shape index (κ1) is 11.1. The Morgan fingerprint density at radius 3 is 2.75 bits per heavy atom. The van der Waals surface area contributed by atoms with E-state index >= 15 is 0 Å². The molecule has 16 heavy (non-hydrogen) atoms. The molecule has 0 aliphatic rings. The predicted octanol–water partition coefficient (Wildman–Crippen LogP) is 2.00. The van der Waals surface area contributed by atoms with Crippen molar-refractivity contribution in [3.63, 3.8) is 0 Å². The second-order valence-corrected chi connectivity index (χ2v) is 4.35. The first-order chi connectivity index (χ1) is 7.58. The van der Waals surface area contributed by atoms with Gasteiger partial charge in [0, 0.05) is 5.10 Å². The highest BCUT2D eigenvalue weighted by Crippen LogP contribution is 2.14. The summed E-state index contributed by atoms with van der Waals surface area (Å²) in [6.07, 6.45) is 1.95. The number of hydrogen-bond acceptors (Lipinski definition) is 2. The van der Waals surface area contributed by atoms with E-state index in [2.05, 4.69) is 28.5 Å². The lowest BCUT2D eigenvalue weighted by atomic mass is 10.3. The van der Waals surface area contributed by atoms with Crippen LogP contribution in [0.1, 0.15) is 19.9 Å². The van der Waals surface area contributed by atoms with Gasteiger partial charge < -0.3 is 0 Å². The topological polar surface area (TPSA) is 34.6 Å². The van der Waals surface area contributed by atoms with Crippen LogP contribution in [-0.4, -0.2) is 14.8 Å². The van der Waals surface area contributed by atoms with E-state index in [-0.39, 0.29) is 0 Å². The summed E-state index contributed by atoms with van der Waals surface area (Å²) >= 11 is 5.88. The molecule has 2 aromatic heterocycles. The molecule has 0 atom stereocenters. The Morgan fingerprint density at radius 2 is 2.12 bits per heavy atom. The van der Waals surface area contributed by atoms with E-state index in [1.54, 1.807) is 10.7 Å². The molecule has 0 unspecified atom stereocenters. The molecule has 0 saturated carbocycles. The number of aryl methyl sites for hydroxylation is 1. The summed E-state index contributed by atoms with van der Waals surface area (Å²) in [4.78, 5) is 4.27. The fourth-order valence-corrected chi connectivity index (χ4v) is 1.72. The average molecular weight is 238 g/mol. The summed E-state index contributed by atoms with van der Waals surface area (Å²) in [7, 11) is 1.90. The quantitative estimate of drug-likeness (QED) is 0.592. The van der Waals surface area contributed by atoms with Crippen molar-refractivity contribution in [3.05, 3.63) is 29.7 Å². The first-order valence-electron chi connectivity index (χ1n) is 5.15. The predicted molar refractivity (Wildman–Crippen MR) is 62.0 cm³/mol. The summed E-state index contributed by atoms with van der Waals surface area (Å²) < 4.78 is 3.84.